The molecule has 0 aromatic heterocycles. The van der Waals surface area contributed by atoms with Gasteiger partial charge in [-0.15, -0.1) is 0 Å². The Labute approximate surface area is 149 Å². The smallest absolute Gasteiger partial charge is 0.317 e. The Kier molecular flexibility index (Phi) is 4.86. The van der Waals surface area contributed by atoms with E-state index in [1.807, 2.05) is 9.80 Å². The first-order valence-corrected chi connectivity index (χ1v) is 9.78. The summed E-state index contributed by atoms with van der Waals surface area (Å²) in [5.41, 5.74) is 0. The zero-order valence-corrected chi connectivity index (χ0v) is 15.2. The van der Waals surface area contributed by atoms with Crippen LogP contribution in [0.4, 0.5) is 4.79 Å². The van der Waals surface area contributed by atoms with Gasteiger partial charge >= 0.3 is 6.03 Å². The largest absolute Gasteiger partial charge is 0.370 e. The number of ether oxygens (including phenoxy) is 1. The highest BCUT2D eigenvalue weighted by Crippen LogP contribution is 2.33. The molecule has 4 rings (SSSR count). The molecule has 4 fully saturated rings. The maximum atomic E-state index is 12.9. The number of rotatable bonds is 2. The molecule has 1 saturated carbocycles. The highest BCUT2D eigenvalue weighted by molar-refractivity contribution is 5.80. The molecule has 0 radical (unpaired) electrons. The number of fused-ring (bicyclic) bond motifs is 2. The fraction of sp³-hybridized carbons (Fsp3) is 0.889. The lowest BCUT2D eigenvalue weighted by Crippen LogP contribution is -2.53. The van der Waals surface area contributed by atoms with Crippen molar-refractivity contribution in [1.29, 1.82) is 0 Å². The number of nitrogens with one attached hydrogen (secondary N) is 1. The number of piperazine rings is 1. The molecule has 3 amide bonds. The number of nitrogens with zero attached hydrogens (tertiary/aromatic N) is 3. The van der Waals surface area contributed by atoms with Crippen molar-refractivity contribution in [2.75, 3.05) is 46.3 Å². The van der Waals surface area contributed by atoms with Crippen LogP contribution >= 0.6 is 0 Å². The molecule has 3 saturated heterocycles. The summed E-state index contributed by atoms with van der Waals surface area (Å²) in [6.45, 7) is 4.62. The van der Waals surface area contributed by atoms with Crippen molar-refractivity contribution in [3.8, 4) is 0 Å². The van der Waals surface area contributed by atoms with E-state index in [1.165, 1.54) is 12.8 Å². The minimum Gasteiger partial charge on any atom is -0.370 e. The van der Waals surface area contributed by atoms with Crippen LogP contribution in [0.25, 0.3) is 0 Å². The third kappa shape index (κ3) is 3.62. The van der Waals surface area contributed by atoms with E-state index in [0.717, 1.165) is 45.4 Å². The predicted molar refractivity (Wildman–Crippen MR) is 93.2 cm³/mol. The Bertz CT molecular complexity index is 514. The number of urea groups is 1. The Hall–Kier alpha value is -1.34. The van der Waals surface area contributed by atoms with Crippen molar-refractivity contribution in [3.63, 3.8) is 0 Å². The van der Waals surface area contributed by atoms with Gasteiger partial charge in [-0.25, -0.2) is 4.79 Å². The second-order valence-electron chi connectivity index (χ2n) is 8.10. The minimum atomic E-state index is -0.139. The van der Waals surface area contributed by atoms with Crippen LogP contribution in [0.15, 0.2) is 0 Å². The van der Waals surface area contributed by atoms with Gasteiger partial charge in [0.05, 0.1) is 18.1 Å². The maximum Gasteiger partial charge on any atom is 0.317 e. The topological polar surface area (TPSA) is 65.1 Å². The molecule has 3 heterocycles. The number of carbonyl (C=O) groups excluding carboxylic acids is 2. The summed E-state index contributed by atoms with van der Waals surface area (Å²) in [7, 11) is 2.09. The maximum absolute atomic E-state index is 12.9. The highest BCUT2D eigenvalue weighted by Gasteiger charge is 2.47. The van der Waals surface area contributed by atoms with Crippen molar-refractivity contribution >= 4 is 11.9 Å². The van der Waals surface area contributed by atoms with Crippen molar-refractivity contribution in [2.24, 2.45) is 5.92 Å². The summed E-state index contributed by atoms with van der Waals surface area (Å²) in [5.74, 6) is 0.135. The molecule has 1 aliphatic carbocycles. The van der Waals surface area contributed by atoms with Gasteiger partial charge in [0.2, 0.25) is 5.91 Å². The Morgan fingerprint density at radius 1 is 1.00 bits per heavy atom. The molecule has 1 N–H and O–H groups in total. The SMILES string of the molecule is CN1CCN(C(=O)[C@@H]2C[C@H]3CN(C(=O)NC4CCCC4)C[C@@H]2O3)CC1. The normalized spacial score (nSPS) is 33.7. The molecule has 7 nitrogen and oxygen atoms in total. The highest BCUT2D eigenvalue weighted by atomic mass is 16.5. The Morgan fingerprint density at radius 3 is 2.44 bits per heavy atom. The average Bonchev–Trinajstić information content (AvgIpc) is 3.22. The van der Waals surface area contributed by atoms with Gasteiger partial charge < -0.3 is 24.8 Å². The van der Waals surface area contributed by atoms with Crippen LogP contribution in [-0.2, 0) is 9.53 Å². The van der Waals surface area contributed by atoms with Gasteiger partial charge in [-0.3, -0.25) is 4.79 Å². The summed E-state index contributed by atoms with van der Waals surface area (Å²) < 4.78 is 6.01. The van der Waals surface area contributed by atoms with E-state index < -0.39 is 0 Å². The molecule has 0 aromatic rings. The lowest BCUT2D eigenvalue weighted by atomic mass is 9.98. The fourth-order valence-electron chi connectivity index (χ4n) is 4.68. The van der Waals surface area contributed by atoms with E-state index in [1.54, 1.807) is 0 Å². The van der Waals surface area contributed by atoms with Crippen molar-refractivity contribution in [1.82, 2.24) is 20.0 Å². The molecular formula is C18H30N4O3. The third-order valence-corrected chi connectivity index (χ3v) is 6.26. The van der Waals surface area contributed by atoms with Crippen LogP contribution in [0.1, 0.15) is 32.1 Å². The van der Waals surface area contributed by atoms with Crippen molar-refractivity contribution in [2.45, 2.75) is 50.4 Å². The summed E-state index contributed by atoms with van der Waals surface area (Å²) >= 11 is 0. The van der Waals surface area contributed by atoms with Crippen LogP contribution in [0, 0.1) is 5.92 Å². The number of amides is 3. The average molecular weight is 350 g/mol. The quantitative estimate of drug-likeness (QED) is 0.788. The molecule has 3 atom stereocenters. The van der Waals surface area contributed by atoms with Crippen molar-refractivity contribution in [3.05, 3.63) is 0 Å². The van der Waals surface area contributed by atoms with Crippen LogP contribution in [0.3, 0.4) is 0 Å². The summed E-state index contributed by atoms with van der Waals surface area (Å²) in [6.07, 6.45) is 5.22. The van der Waals surface area contributed by atoms with Crippen LogP contribution in [-0.4, -0.2) is 91.2 Å². The number of carbonyl (C=O) groups is 2. The molecule has 0 unspecified atom stereocenters. The fourth-order valence-corrected chi connectivity index (χ4v) is 4.68. The van der Waals surface area contributed by atoms with E-state index in [9.17, 15) is 9.59 Å². The van der Waals surface area contributed by atoms with Crippen molar-refractivity contribution < 1.29 is 14.3 Å². The molecule has 3 aliphatic heterocycles. The third-order valence-electron chi connectivity index (χ3n) is 6.26. The molecule has 4 aliphatic rings. The first-order valence-electron chi connectivity index (χ1n) is 9.78. The van der Waals surface area contributed by atoms with Gasteiger partial charge in [0.1, 0.15) is 0 Å². The Balaban J connectivity index is 1.33. The van der Waals surface area contributed by atoms with E-state index >= 15 is 0 Å². The number of hydrogen-bond donors (Lipinski definition) is 1. The molecule has 140 valence electrons. The molecule has 0 aromatic carbocycles. The first-order chi connectivity index (χ1) is 12.1. The molecule has 7 heteroatoms. The summed E-state index contributed by atoms with van der Waals surface area (Å²) in [6, 6.07) is 0.355. The predicted octanol–water partition coefficient (Wildman–Crippen LogP) is 0.502. The number of hydrogen-bond acceptors (Lipinski definition) is 4. The van der Waals surface area contributed by atoms with Crippen LogP contribution < -0.4 is 5.32 Å². The lowest BCUT2D eigenvalue weighted by Gasteiger charge is -2.36. The lowest BCUT2D eigenvalue weighted by molar-refractivity contribution is -0.139. The zero-order chi connectivity index (χ0) is 17.4. The molecule has 25 heavy (non-hydrogen) atoms. The molecular weight excluding hydrogens is 320 g/mol. The van der Waals surface area contributed by atoms with E-state index in [-0.39, 0.29) is 30.1 Å². The zero-order valence-electron chi connectivity index (χ0n) is 15.2. The van der Waals surface area contributed by atoms with Gasteiger partial charge in [0.15, 0.2) is 0 Å². The second kappa shape index (κ2) is 7.11. The second-order valence-corrected chi connectivity index (χ2v) is 8.10. The summed E-state index contributed by atoms with van der Waals surface area (Å²) in [5, 5.41) is 3.16. The number of likely N-dealkylation sites (N-methyl/N-ethyl adjacent to an activating group) is 1. The van der Waals surface area contributed by atoms with Gasteiger partial charge in [0.25, 0.3) is 0 Å². The van der Waals surface area contributed by atoms with Crippen LogP contribution in [0.5, 0.6) is 0 Å². The van der Waals surface area contributed by atoms with Gasteiger partial charge in [-0.1, -0.05) is 12.8 Å². The van der Waals surface area contributed by atoms with Gasteiger partial charge in [-0.2, -0.15) is 0 Å². The van der Waals surface area contributed by atoms with E-state index in [0.29, 0.717) is 19.1 Å². The molecule has 2 bridgehead atoms. The van der Waals surface area contributed by atoms with Gasteiger partial charge in [0, 0.05) is 45.3 Å². The van der Waals surface area contributed by atoms with E-state index in [2.05, 4.69) is 17.3 Å². The standard InChI is InChI=1S/C18H30N4O3/c1-20-6-8-21(9-7-20)17(23)15-10-14-11-22(12-16(15)25-14)18(24)19-13-4-2-3-5-13/h13-16H,2-12H2,1H3,(H,19,24)/t14-,15+,16-/m0/s1. The summed E-state index contributed by atoms with van der Waals surface area (Å²) in [4.78, 5) is 31.6. The number of likely N-dealkylation sites (tertiary alicyclic amines) is 1. The Morgan fingerprint density at radius 2 is 1.72 bits per heavy atom. The molecule has 0 spiro atoms. The van der Waals surface area contributed by atoms with Gasteiger partial charge in [-0.05, 0) is 26.3 Å². The van der Waals surface area contributed by atoms with Crippen LogP contribution in [0.2, 0.25) is 0 Å². The van der Waals surface area contributed by atoms with E-state index in [4.69, 9.17) is 4.74 Å². The monoisotopic (exact) mass is 350 g/mol. The number of morpholine rings is 1. The minimum absolute atomic E-state index is 0.00879. The first kappa shape index (κ1) is 17.1.